The molecule has 0 spiro atoms. The van der Waals surface area contributed by atoms with Gasteiger partial charge in [0.15, 0.2) is 0 Å². The molecule has 0 aromatic carbocycles. The molecule has 0 bridgehead atoms. The van der Waals surface area contributed by atoms with Gasteiger partial charge >= 0.3 is 0 Å². The summed E-state index contributed by atoms with van der Waals surface area (Å²) in [7, 11) is -3.56. The summed E-state index contributed by atoms with van der Waals surface area (Å²) in [6.45, 7) is 2.46. The second-order valence-electron chi connectivity index (χ2n) is 3.57. The van der Waals surface area contributed by atoms with Gasteiger partial charge in [-0.1, -0.05) is 0 Å². The standard InChI is InChI=1S/C9H16N4O3S/c1-2-13-6-7(10)5-8(13)9(14)12-3-4-17(11,15)16/h5-6H,2-4,10H2,1H3,(H,12,14)(H2,11,15,16). The van der Waals surface area contributed by atoms with Crippen LogP contribution in [0.25, 0.3) is 0 Å². The van der Waals surface area contributed by atoms with E-state index >= 15 is 0 Å². The SMILES string of the molecule is CCn1cc(N)cc1C(=O)NCCS(N)(=O)=O. The Kier molecular flexibility index (Phi) is 4.13. The van der Waals surface area contributed by atoms with E-state index in [1.54, 1.807) is 10.8 Å². The number of nitrogens with one attached hydrogen (secondary N) is 1. The number of carbonyl (C=O) groups excluding carboxylic acids is 1. The van der Waals surface area contributed by atoms with E-state index in [4.69, 9.17) is 10.9 Å². The van der Waals surface area contributed by atoms with Crippen LogP contribution in [0.3, 0.4) is 0 Å². The highest BCUT2D eigenvalue weighted by atomic mass is 32.2. The van der Waals surface area contributed by atoms with Crippen molar-refractivity contribution in [1.82, 2.24) is 9.88 Å². The number of carbonyl (C=O) groups is 1. The Labute approximate surface area is 99.8 Å². The highest BCUT2D eigenvalue weighted by Crippen LogP contribution is 2.10. The number of primary sulfonamides is 1. The molecule has 17 heavy (non-hydrogen) atoms. The number of nitrogens with zero attached hydrogens (tertiary/aromatic N) is 1. The smallest absolute Gasteiger partial charge is 0.268 e. The summed E-state index contributed by atoms with van der Waals surface area (Å²) in [5.41, 5.74) is 6.47. The van der Waals surface area contributed by atoms with Crippen LogP contribution in [-0.2, 0) is 16.6 Å². The number of sulfonamides is 1. The van der Waals surface area contributed by atoms with Gasteiger partial charge in [-0.15, -0.1) is 0 Å². The van der Waals surface area contributed by atoms with Crippen molar-refractivity contribution in [2.24, 2.45) is 5.14 Å². The van der Waals surface area contributed by atoms with Crippen LogP contribution in [0.5, 0.6) is 0 Å². The van der Waals surface area contributed by atoms with Crippen molar-refractivity contribution in [2.45, 2.75) is 13.5 Å². The molecule has 0 saturated heterocycles. The van der Waals surface area contributed by atoms with Gasteiger partial charge in [-0.25, -0.2) is 13.6 Å². The van der Waals surface area contributed by atoms with Gasteiger partial charge in [-0.3, -0.25) is 4.79 Å². The van der Waals surface area contributed by atoms with Gasteiger partial charge in [-0.2, -0.15) is 0 Å². The van der Waals surface area contributed by atoms with Gasteiger partial charge in [0, 0.05) is 19.3 Å². The van der Waals surface area contributed by atoms with Gasteiger partial charge < -0.3 is 15.6 Å². The Hall–Kier alpha value is -1.54. The zero-order valence-corrected chi connectivity index (χ0v) is 10.3. The van der Waals surface area contributed by atoms with Crippen LogP contribution in [0.4, 0.5) is 5.69 Å². The molecule has 1 aromatic heterocycles. The van der Waals surface area contributed by atoms with E-state index in [2.05, 4.69) is 5.32 Å². The molecule has 1 aromatic rings. The number of hydrogen-bond acceptors (Lipinski definition) is 4. The minimum atomic E-state index is -3.56. The molecule has 0 fully saturated rings. The summed E-state index contributed by atoms with van der Waals surface area (Å²) in [5, 5.41) is 7.29. The molecule has 0 aliphatic carbocycles. The van der Waals surface area contributed by atoms with Crippen LogP contribution >= 0.6 is 0 Å². The topological polar surface area (TPSA) is 120 Å². The minimum Gasteiger partial charge on any atom is -0.397 e. The summed E-state index contributed by atoms with van der Waals surface area (Å²) in [6.07, 6.45) is 1.65. The fourth-order valence-electron chi connectivity index (χ4n) is 1.38. The first-order valence-corrected chi connectivity index (χ1v) is 6.79. The van der Waals surface area contributed by atoms with Crippen molar-refractivity contribution < 1.29 is 13.2 Å². The molecule has 0 radical (unpaired) electrons. The van der Waals surface area contributed by atoms with Crippen molar-refractivity contribution in [1.29, 1.82) is 0 Å². The average molecular weight is 260 g/mol. The van der Waals surface area contributed by atoms with Crippen molar-refractivity contribution >= 4 is 21.6 Å². The third-order valence-corrected chi connectivity index (χ3v) is 2.94. The van der Waals surface area contributed by atoms with Crippen LogP contribution < -0.4 is 16.2 Å². The predicted molar refractivity (Wildman–Crippen MR) is 64.8 cm³/mol. The zero-order valence-electron chi connectivity index (χ0n) is 9.51. The van der Waals surface area contributed by atoms with E-state index in [1.807, 2.05) is 6.92 Å². The third kappa shape index (κ3) is 4.08. The van der Waals surface area contributed by atoms with Gasteiger partial charge in [0.1, 0.15) is 5.69 Å². The highest BCUT2D eigenvalue weighted by molar-refractivity contribution is 7.89. The third-order valence-electron chi connectivity index (χ3n) is 2.16. The van der Waals surface area contributed by atoms with E-state index in [9.17, 15) is 13.2 Å². The fourth-order valence-corrected chi connectivity index (χ4v) is 1.77. The maximum Gasteiger partial charge on any atom is 0.268 e. The van der Waals surface area contributed by atoms with Gasteiger partial charge in [0.05, 0.1) is 11.4 Å². The maximum atomic E-state index is 11.7. The summed E-state index contributed by atoms with van der Waals surface area (Å²) in [4.78, 5) is 11.7. The minimum absolute atomic E-state index is 0.0214. The van der Waals surface area contributed by atoms with Crippen molar-refractivity contribution in [3.05, 3.63) is 18.0 Å². The summed E-state index contributed by atoms with van der Waals surface area (Å²) < 4.78 is 23.0. The Morgan fingerprint density at radius 2 is 2.18 bits per heavy atom. The number of amides is 1. The Morgan fingerprint density at radius 1 is 1.53 bits per heavy atom. The van der Waals surface area contributed by atoms with E-state index in [0.29, 0.717) is 17.9 Å². The molecule has 0 atom stereocenters. The fraction of sp³-hybridized carbons (Fsp3) is 0.444. The molecule has 7 nitrogen and oxygen atoms in total. The lowest BCUT2D eigenvalue weighted by molar-refractivity contribution is 0.0947. The second-order valence-corrected chi connectivity index (χ2v) is 5.30. The van der Waals surface area contributed by atoms with Crippen LogP contribution in [-0.4, -0.2) is 31.2 Å². The Bertz CT molecular complexity index is 506. The van der Waals surface area contributed by atoms with Crippen LogP contribution in [0.15, 0.2) is 12.3 Å². The summed E-state index contributed by atoms with van der Waals surface area (Å²) in [5.74, 6) is -0.659. The molecule has 0 aliphatic rings. The molecule has 96 valence electrons. The van der Waals surface area contributed by atoms with Gasteiger partial charge in [0.25, 0.3) is 5.91 Å². The predicted octanol–water partition coefficient (Wildman–Crippen LogP) is -0.891. The van der Waals surface area contributed by atoms with E-state index in [1.165, 1.54) is 6.07 Å². The van der Waals surface area contributed by atoms with Crippen molar-refractivity contribution in [3.8, 4) is 0 Å². The maximum absolute atomic E-state index is 11.7. The van der Waals surface area contributed by atoms with Crippen molar-refractivity contribution in [3.63, 3.8) is 0 Å². The number of hydrogen-bond donors (Lipinski definition) is 3. The number of nitrogen functional groups attached to an aromatic ring is 1. The van der Waals surface area contributed by atoms with Gasteiger partial charge in [-0.05, 0) is 13.0 Å². The second kappa shape index (κ2) is 5.19. The van der Waals surface area contributed by atoms with Crippen LogP contribution in [0.1, 0.15) is 17.4 Å². The molecule has 1 amide bonds. The molecular weight excluding hydrogens is 244 g/mol. The number of rotatable bonds is 5. The lowest BCUT2D eigenvalue weighted by atomic mass is 10.4. The quantitative estimate of drug-likeness (QED) is 0.635. The van der Waals surface area contributed by atoms with Crippen LogP contribution in [0, 0.1) is 0 Å². The molecule has 0 saturated carbocycles. The largest absolute Gasteiger partial charge is 0.397 e. The summed E-state index contributed by atoms with van der Waals surface area (Å²) in [6, 6.07) is 1.54. The number of aromatic nitrogens is 1. The Balaban J connectivity index is 2.64. The average Bonchev–Trinajstić information content (AvgIpc) is 2.57. The molecule has 5 N–H and O–H groups in total. The number of nitrogens with two attached hydrogens (primary N) is 2. The zero-order chi connectivity index (χ0) is 13.1. The number of aryl methyl sites for hydroxylation is 1. The highest BCUT2D eigenvalue weighted by Gasteiger charge is 2.12. The van der Waals surface area contributed by atoms with Gasteiger partial charge in [0.2, 0.25) is 10.0 Å². The van der Waals surface area contributed by atoms with Crippen LogP contribution in [0.2, 0.25) is 0 Å². The molecule has 8 heteroatoms. The Morgan fingerprint density at radius 3 is 2.71 bits per heavy atom. The lowest BCUT2D eigenvalue weighted by Gasteiger charge is -2.06. The number of anilines is 1. The monoisotopic (exact) mass is 260 g/mol. The molecule has 0 aliphatic heterocycles. The summed E-state index contributed by atoms with van der Waals surface area (Å²) >= 11 is 0. The van der Waals surface area contributed by atoms with E-state index in [-0.39, 0.29) is 18.2 Å². The van der Waals surface area contributed by atoms with E-state index < -0.39 is 10.0 Å². The van der Waals surface area contributed by atoms with Crippen molar-refractivity contribution in [2.75, 3.05) is 18.0 Å². The normalized spacial score (nSPS) is 11.4. The lowest BCUT2D eigenvalue weighted by Crippen LogP contribution is -2.32. The molecule has 0 unspecified atom stereocenters. The van der Waals surface area contributed by atoms with E-state index in [0.717, 1.165) is 0 Å². The first-order valence-electron chi connectivity index (χ1n) is 5.08. The first-order chi connectivity index (χ1) is 7.83. The first kappa shape index (κ1) is 13.5. The molecular formula is C9H16N4O3S. The molecule has 1 heterocycles. The molecule has 1 rings (SSSR count).